The largest absolute Gasteiger partial charge is 0.338 e. The number of nitrogens with zero attached hydrogens (tertiary/aromatic N) is 5. The highest BCUT2D eigenvalue weighted by Gasteiger charge is 2.18. The maximum atomic E-state index is 5.31. The number of benzene rings is 1. The van der Waals surface area contributed by atoms with E-state index in [-0.39, 0.29) is 11.2 Å². The van der Waals surface area contributed by atoms with E-state index in [9.17, 15) is 0 Å². The van der Waals surface area contributed by atoms with E-state index in [0.29, 0.717) is 11.0 Å². The molecule has 2 heterocycles. The molecule has 1 unspecified atom stereocenters. The number of thioether (sulfide) groups is 1. The molecular formula is C15H17N5OS. The van der Waals surface area contributed by atoms with E-state index in [2.05, 4.69) is 20.2 Å². The summed E-state index contributed by atoms with van der Waals surface area (Å²) < 4.78 is 7.06. The molecule has 0 amide bonds. The molecule has 0 spiro atoms. The van der Waals surface area contributed by atoms with Crippen molar-refractivity contribution in [2.45, 2.75) is 37.1 Å². The third kappa shape index (κ3) is 3.19. The number of para-hydroxylation sites is 1. The zero-order valence-electron chi connectivity index (χ0n) is 12.7. The van der Waals surface area contributed by atoms with Crippen molar-refractivity contribution in [2.75, 3.05) is 0 Å². The number of hydrogen-bond donors (Lipinski definition) is 0. The molecule has 2 aromatic heterocycles. The van der Waals surface area contributed by atoms with Gasteiger partial charge in [0.15, 0.2) is 5.82 Å². The summed E-state index contributed by atoms with van der Waals surface area (Å²) in [6, 6.07) is 9.88. The predicted octanol–water partition coefficient (Wildman–Crippen LogP) is 3.63. The molecule has 0 aliphatic rings. The molecule has 7 heteroatoms. The molecule has 0 bridgehead atoms. The Morgan fingerprint density at radius 3 is 2.59 bits per heavy atom. The van der Waals surface area contributed by atoms with Crippen molar-refractivity contribution in [3.8, 4) is 5.69 Å². The van der Waals surface area contributed by atoms with Gasteiger partial charge in [0, 0.05) is 5.92 Å². The Kier molecular flexibility index (Phi) is 4.24. The second-order valence-electron chi connectivity index (χ2n) is 5.21. The van der Waals surface area contributed by atoms with Gasteiger partial charge in [0.1, 0.15) is 6.33 Å². The molecular weight excluding hydrogens is 298 g/mol. The summed E-state index contributed by atoms with van der Waals surface area (Å²) in [5, 5.41) is 9.14. The fourth-order valence-electron chi connectivity index (χ4n) is 1.86. The van der Waals surface area contributed by atoms with Crippen LogP contribution in [0, 0.1) is 0 Å². The summed E-state index contributed by atoms with van der Waals surface area (Å²) in [6.45, 7) is 6.08. The minimum atomic E-state index is 0.00613. The third-order valence-electron chi connectivity index (χ3n) is 3.10. The van der Waals surface area contributed by atoms with E-state index < -0.39 is 0 Å². The van der Waals surface area contributed by atoms with Gasteiger partial charge in [0.25, 0.3) is 0 Å². The van der Waals surface area contributed by atoms with Crippen molar-refractivity contribution >= 4 is 11.8 Å². The molecule has 3 rings (SSSR count). The van der Waals surface area contributed by atoms with E-state index in [4.69, 9.17) is 4.52 Å². The van der Waals surface area contributed by atoms with E-state index in [1.165, 1.54) is 11.8 Å². The molecule has 3 aromatic rings. The summed E-state index contributed by atoms with van der Waals surface area (Å²) in [4.78, 5) is 8.73. The van der Waals surface area contributed by atoms with Gasteiger partial charge in [-0.25, -0.2) is 9.67 Å². The van der Waals surface area contributed by atoms with Crippen molar-refractivity contribution in [3.05, 3.63) is 48.4 Å². The first kappa shape index (κ1) is 14.8. The topological polar surface area (TPSA) is 69.6 Å². The SMILES string of the molecule is CC(C)c1noc(C(C)Sc2ncn(-c3ccccc3)n2)n1. The van der Waals surface area contributed by atoms with Crippen molar-refractivity contribution in [2.24, 2.45) is 0 Å². The third-order valence-corrected chi connectivity index (χ3v) is 4.05. The first-order valence-electron chi connectivity index (χ1n) is 7.10. The van der Waals surface area contributed by atoms with E-state index in [1.54, 1.807) is 11.0 Å². The fourth-order valence-corrected chi connectivity index (χ4v) is 2.62. The van der Waals surface area contributed by atoms with Gasteiger partial charge >= 0.3 is 0 Å². The molecule has 114 valence electrons. The zero-order valence-corrected chi connectivity index (χ0v) is 13.5. The molecule has 0 radical (unpaired) electrons. The normalized spacial score (nSPS) is 12.7. The average Bonchev–Trinajstić information content (AvgIpc) is 3.17. The predicted molar refractivity (Wildman–Crippen MR) is 84.0 cm³/mol. The summed E-state index contributed by atoms with van der Waals surface area (Å²) in [5.41, 5.74) is 0.981. The Bertz CT molecular complexity index is 737. The quantitative estimate of drug-likeness (QED) is 0.670. The van der Waals surface area contributed by atoms with Crippen LogP contribution in [0.1, 0.15) is 43.7 Å². The van der Waals surface area contributed by atoms with Crippen molar-refractivity contribution in [1.29, 1.82) is 0 Å². The molecule has 0 saturated carbocycles. The van der Waals surface area contributed by atoms with Gasteiger partial charge in [0.05, 0.1) is 10.9 Å². The Morgan fingerprint density at radius 2 is 1.91 bits per heavy atom. The minimum absolute atomic E-state index is 0.00613. The van der Waals surface area contributed by atoms with Crippen molar-refractivity contribution in [3.63, 3.8) is 0 Å². The molecule has 1 atom stereocenters. The van der Waals surface area contributed by atoms with Crippen LogP contribution in [-0.4, -0.2) is 24.9 Å². The summed E-state index contributed by atoms with van der Waals surface area (Å²) in [6.07, 6.45) is 1.71. The molecule has 0 fully saturated rings. The van der Waals surface area contributed by atoms with Crippen LogP contribution in [-0.2, 0) is 0 Å². The minimum Gasteiger partial charge on any atom is -0.338 e. The Balaban J connectivity index is 1.71. The molecule has 0 saturated heterocycles. The van der Waals surface area contributed by atoms with Crippen molar-refractivity contribution in [1.82, 2.24) is 24.9 Å². The van der Waals surface area contributed by atoms with Gasteiger partial charge in [-0.15, -0.1) is 5.10 Å². The molecule has 1 aromatic carbocycles. The van der Waals surface area contributed by atoms with Crippen LogP contribution in [0.5, 0.6) is 0 Å². The van der Waals surface area contributed by atoms with Crippen LogP contribution >= 0.6 is 11.8 Å². The molecule has 0 N–H and O–H groups in total. The highest BCUT2D eigenvalue weighted by Crippen LogP contribution is 2.32. The number of rotatable bonds is 5. The van der Waals surface area contributed by atoms with Crippen molar-refractivity contribution < 1.29 is 4.52 Å². The Hall–Kier alpha value is -2.15. The Labute approximate surface area is 133 Å². The molecule has 0 aliphatic heterocycles. The number of hydrogen-bond acceptors (Lipinski definition) is 6. The average molecular weight is 315 g/mol. The van der Waals surface area contributed by atoms with Gasteiger partial charge < -0.3 is 4.52 Å². The smallest absolute Gasteiger partial charge is 0.239 e. The van der Waals surface area contributed by atoms with Gasteiger partial charge in [-0.05, 0) is 19.1 Å². The lowest BCUT2D eigenvalue weighted by Crippen LogP contribution is -1.95. The van der Waals surface area contributed by atoms with Gasteiger partial charge in [-0.3, -0.25) is 0 Å². The first-order chi connectivity index (χ1) is 10.6. The lowest BCUT2D eigenvalue weighted by molar-refractivity contribution is 0.373. The van der Waals surface area contributed by atoms with Gasteiger partial charge in [-0.2, -0.15) is 4.98 Å². The van der Waals surface area contributed by atoms with Crippen LogP contribution in [0.15, 0.2) is 46.3 Å². The van der Waals surface area contributed by atoms with Crippen LogP contribution in [0.2, 0.25) is 0 Å². The second-order valence-corrected chi connectivity index (χ2v) is 6.52. The van der Waals surface area contributed by atoms with E-state index in [0.717, 1.165) is 11.5 Å². The fraction of sp³-hybridized carbons (Fsp3) is 0.333. The molecule has 0 aliphatic carbocycles. The van der Waals surface area contributed by atoms with Crippen LogP contribution in [0.3, 0.4) is 0 Å². The highest BCUT2D eigenvalue weighted by atomic mass is 32.2. The summed E-state index contributed by atoms with van der Waals surface area (Å²) in [7, 11) is 0. The summed E-state index contributed by atoms with van der Waals surface area (Å²) in [5.74, 6) is 1.58. The highest BCUT2D eigenvalue weighted by molar-refractivity contribution is 7.99. The van der Waals surface area contributed by atoms with E-state index >= 15 is 0 Å². The van der Waals surface area contributed by atoms with Crippen LogP contribution in [0.4, 0.5) is 0 Å². The lowest BCUT2D eigenvalue weighted by atomic mass is 10.2. The van der Waals surface area contributed by atoms with Gasteiger partial charge in [0.2, 0.25) is 11.0 Å². The van der Waals surface area contributed by atoms with Gasteiger partial charge in [-0.1, -0.05) is 49.0 Å². The second kappa shape index (κ2) is 6.31. The van der Waals surface area contributed by atoms with Crippen LogP contribution in [0.25, 0.3) is 5.69 Å². The maximum Gasteiger partial charge on any atom is 0.239 e. The first-order valence-corrected chi connectivity index (χ1v) is 7.98. The summed E-state index contributed by atoms with van der Waals surface area (Å²) >= 11 is 1.50. The molecule has 22 heavy (non-hydrogen) atoms. The maximum absolute atomic E-state index is 5.31. The zero-order chi connectivity index (χ0) is 15.5. The standard InChI is InChI=1S/C15H17N5OS/c1-10(2)13-17-14(21-19-13)11(3)22-15-16-9-20(18-15)12-7-5-4-6-8-12/h4-11H,1-3H3. The Morgan fingerprint density at radius 1 is 1.14 bits per heavy atom. The van der Waals surface area contributed by atoms with E-state index in [1.807, 2.05) is 51.1 Å². The van der Waals surface area contributed by atoms with Crippen LogP contribution < -0.4 is 0 Å². The number of aromatic nitrogens is 5. The molecule has 6 nitrogen and oxygen atoms in total. The lowest BCUT2D eigenvalue weighted by Gasteiger charge is -2.02. The monoisotopic (exact) mass is 315 g/mol.